The molecule has 0 bridgehead atoms. The van der Waals surface area contributed by atoms with E-state index in [1.54, 1.807) is 60.7 Å². The van der Waals surface area contributed by atoms with Crippen LogP contribution in [0, 0.1) is 5.82 Å². The van der Waals surface area contributed by atoms with Gasteiger partial charge in [0.1, 0.15) is 34.2 Å². The average molecular weight is 507 g/mol. The maximum absolute atomic E-state index is 13.4. The van der Waals surface area contributed by atoms with E-state index < -0.39 is 5.97 Å². The van der Waals surface area contributed by atoms with Crippen molar-refractivity contribution in [2.45, 2.75) is 6.92 Å². The molecular formula is C32H23FO5. The molecule has 0 unspecified atom stereocenters. The third-order valence-corrected chi connectivity index (χ3v) is 5.86. The van der Waals surface area contributed by atoms with E-state index in [1.165, 1.54) is 18.2 Å². The molecule has 0 aliphatic heterocycles. The van der Waals surface area contributed by atoms with Crippen molar-refractivity contribution < 1.29 is 27.9 Å². The van der Waals surface area contributed by atoms with Crippen LogP contribution in [0.3, 0.4) is 0 Å². The van der Waals surface area contributed by atoms with Crippen LogP contribution in [0.4, 0.5) is 4.39 Å². The monoisotopic (exact) mass is 506 g/mol. The number of carbonyl (C=O) groups excluding carboxylic acids is 2. The molecule has 0 aliphatic rings. The molecule has 188 valence electrons. The van der Waals surface area contributed by atoms with Crippen molar-refractivity contribution in [3.05, 3.63) is 126 Å². The highest BCUT2D eigenvalue weighted by atomic mass is 19.1. The number of hydrogen-bond donors (Lipinski definition) is 0. The fourth-order valence-corrected chi connectivity index (χ4v) is 4.02. The van der Waals surface area contributed by atoms with E-state index in [4.69, 9.17) is 13.9 Å². The van der Waals surface area contributed by atoms with Gasteiger partial charge in [-0.2, -0.15) is 0 Å². The van der Waals surface area contributed by atoms with Crippen molar-refractivity contribution in [2.24, 2.45) is 0 Å². The van der Waals surface area contributed by atoms with Crippen LogP contribution in [0.1, 0.15) is 33.2 Å². The van der Waals surface area contributed by atoms with E-state index in [0.29, 0.717) is 40.2 Å². The van der Waals surface area contributed by atoms with E-state index in [-0.39, 0.29) is 22.9 Å². The number of hydrogen-bond acceptors (Lipinski definition) is 5. The molecule has 0 radical (unpaired) electrons. The minimum Gasteiger partial charge on any atom is -0.494 e. The normalized spacial score (nSPS) is 11.1. The molecule has 0 spiro atoms. The third-order valence-electron chi connectivity index (χ3n) is 5.86. The van der Waals surface area contributed by atoms with Gasteiger partial charge in [0.05, 0.1) is 6.61 Å². The Labute approximate surface area is 218 Å². The first-order valence-electron chi connectivity index (χ1n) is 12.1. The molecule has 38 heavy (non-hydrogen) atoms. The summed E-state index contributed by atoms with van der Waals surface area (Å²) in [6, 6.07) is 26.8. The SMILES string of the molecule is CCOc1ccc2oc(-c3ccccc3)c(C(=O)Oc3ccc(C(=O)C=Cc4ccc(F)cc4)cc3)c2c1. The molecule has 5 aromatic rings. The Balaban J connectivity index is 1.40. The van der Waals surface area contributed by atoms with E-state index in [1.807, 2.05) is 37.3 Å². The molecular weight excluding hydrogens is 483 g/mol. The summed E-state index contributed by atoms with van der Waals surface area (Å²) in [7, 11) is 0. The van der Waals surface area contributed by atoms with Crippen molar-refractivity contribution in [3.63, 3.8) is 0 Å². The van der Waals surface area contributed by atoms with Crippen LogP contribution in [-0.4, -0.2) is 18.4 Å². The Hall–Kier alpha value is -4.97. The summed E-state index contributed by atoms with van der Waals surface area (Å²) in [6.07, 6.45) is 3.02. The number of halogens is 1. The van der Waals surface area contributed by atoms with Crippen molar-refractivity contribution in [1.29, 1.82) is 0 Å². The van der Waals surface area contributed by atoms with Crippen molar-refractivity contribution >= 4 is 28.8 Å². The number of rotatable bonds is 8. The minimum absolute atomic E-state index is 0.233. The number of esters is 1. The fraction of sp³-hybridized carbons (Fsp3) is 0.0625. The Bertz CT molecular complexity index is 1620. The Kier molecular flexibility index (Phi) is 7.13. The standard InChI is InChI=1S/C32H23FO5/c1-2-36-26-17-19-29-27(20-26)30(31(38-29)23-6-4-3-5-7-23)32(35)37-25-15-11-22(12-16-25)28(34)18-10-21-8-13-24(33)14-9-21/h3-20H,2H2,1H3. The van der Waals surface area contributed by atoms with Gasteiger partial charge in [-0.15, -0.1) is 0 Å². The minimum atomic E-state index is -0.591. The molecule has 1 aromatic heterocycles. The second-order valence-electron chi connectivity index (χ2n) is 8.43. The van der Waals surface area contributed by atoms with Gasteiger partial charge in [0.2, 0.25) is 0 Å². The molecule has 0 fully saturated rings. The lowest BCUT2D eigenvalue weighted by Crippen LogP contribution is -2.09. The lowest BCUT2D eigenvalue weighted by atomic mass is 10.1. The quantitative estimate of drug-likeness (QED) is 0.0932. The second kappa shape index (κ2) is 11.0. The predicted molar refractivity (Wildman–Crippen MR) is 144 cm³/mol. The van der Waals surface area contributed by atoms with Crippen LogP contribution in [0.2, 0.25) is 0 Å². The van der Waals surface area contributed by atoms with Crippen molar-refractivity contribution in [2.75, 3.05) is 6.61 Å². The molecule has 6 heteroatoms. The molecule has 0 saturated heterocycles. The van der Waals surface area contributed by atoms with Gasteiger partial charge in [-0.1, -0.05) is 48.5 Å². The number of carbonyl (C=O) groups is 2. The van der Waals surface area contributed by atoms with Crippen LogP contribution in [0.15, 0.2) is 108 Å². The number of ketones is 1. The van der Waals surface area contributed by atoms with Crippen LogP contribution in [0.25, 0.3) is 28.4 Å². The Morgan fingerprint density at radius 2 is 1.58 bits per heavy atom. The van der Waals surface area contributed by atoms with Gasteiger partial charge in [0.25, 0.3) is 0 Å². The van der Waals surface area contributed by atoms with Gasteiger partial charge < -0.3 is 13.9 Å². The largest absolute Gasteiger partial charge is 0.494 e. The van der Waals surface area contributed by atoms with E-state index in [9.17, 15) is 14.0 Å². The summed E-state index contributed by atoms with van der Waals surface area (Å²) in [5.41, 5.74) is 2.69. The second-order valence-corrected chi connectivity index (χ2v) is 8.43. The number of fused-ring (bicyclic) bond motifs is 1. The first kappa shape index (κ1) is 24.7. The van der Waals surface area contributed by atoms with Crippen LogP contribution >= 0.6 is 0 Å². The highest BCUT2D eigenvalue weighted by molar-refractivity contribution is 6.10. The number of benzene rings is 4. The summed E-state index contributed by atoms with van der Waals surface area (Å²) < 4.78 is 30.5. The molecule has 0 amide bonds. The zero-order valence-electron chi connectivity index (χ0n) is 20.5. The zero-order chi connectivity index (χ0) is 26.5. The van der Waals surface area contributed by atoms with Gasteiger partial charge in [0, 0.05) is 16.5 Å². The Morgan fingerprint density at radius 1 is 0.868 bits per heavy atom. The number of allylic oxidation sites excluding steroid dienone is 1. The van der Waals surface area contributed by atoms with Gasteiger partial charge in [-0.3, -0.25) is 4.79 Å². The topological polar surface area (TPSA) is 65.7 Å². The summed E-state index contributed by atoms with van der Waals surface area (Å²) in [5, 5.41) is 0.581. The van der Waals surface area contributed by atoms with Gasteiger partial charge >= 0.3 is 5.97 Å². The molecule has 5 rings (SSSR count). The van der Waals surface area contributed by atoms with Crippen LogP contribution in [-0.2, 0) is 0 Å². The van der Waals surface area contributed by atoms with Gasteiger partial charge in [0.15, 0.2) is 5.78 Å². The third kappa shape index (κ3) is 5.39. The lowest BCUT2D eigenvalue weighted by Gasteiger charge is -2.07. The predicted octanol–water partition coefficient (Wildman–Crippen LogP) is 7.75. The summed E-state index contributed by atoms with van der Waals surface area (Å²) in [5.74, 6) is 0.133. The van der Waals surface area contributed by atoms with E-state index >= 15 is 0 Å². The molecule has 0 aliphatic carbocycles. The number of ether oxygens (including phenoxy) is 2. The molecule has 5 nitrogen and oxygen atoms in total. The lowest BCUT2D eigenvalue weighted by molar-refractivity contribution is 0.0737. The maximum Gasteiger partial charge on any atom is 0.348 e. The van der Waals surface area contributed by atoms with Crippen LogP contribution < -0.4 is 9.47 Å². The molecule has 4 aromatic carbocycles. The smallest absolute Gasteiger partial charge is 0.348 e. The van der Waals surface area contributed by atoms with Gasteiger partial charge in [-0.25, -0.2) is 9.18 Å². The van der Waals surface area contributed by atoms with E-state index in [2.05, 4.69) is 0 Å². The molecule has 0 saturated carbocycles. The summed E-state index contributed by atoms with van der Waals surface area (Å²) in [6.45, 7) is 2.37. The highest BCUT2D eigenvalue weighted by Crippen LogP contribution is 2.36. The van der Waals surface area contributed by atoms with Gasteiger partial charge in [-0.05, 0) is 73.2 Å². The maximum atomic E-state index is 13.4. The molecule has 1 heterocycles. The first-order valence-corrected chi connectivity index (χ1v) is 12.1. The zero-order valence-corrected chi connectivity index (χ0v) is 20.5. The summed E-state index contributed by atoms with van der Waals surface area (Å²) in [4.78, 5) is 26.0. The first-order chi connectivity index (χ1) is 18.5. The number of furan rings is 1. The fourth-order valence-electron chi connectivity index (χ4n) is 4.02. The van der Waals surface area contributed by atoms with Crippen LogP contribution in [0.5, 0.6) is 11.5 Å². The highest BCUT2D eigenvalue weighted by Gasteiger charge is 2.24. The Morgan fingerprint density at radius 3 is 2.29 bits per heavy atom. The van der Waals surface area contributed by atoms with Crippen molar-refractivity contribution in [1.82, 2.24) is 0 Å². The molecule has 0 atom stereocenters. The summed E-state index contributed by atoms with van der Waals surface area (Å²) >= 11 is 0. The average Bonchev–Trinajstić information content (AvgIpc) is 3.33. The van der Waals surface area contributed by atoms with E-state index in [0.717, 1.165) is 5.56 Å². The van der Waals surface area contributed by atoms with Crippen molar-refractivity contribution in [3.8, 4) is 22.8 Å². The molecule has 0 N–H and O–H groups in total.